The van der Waals surface area contributed by atoms with Gasteiger partial charge in [-0.05, 0) is 25.0 Å². The van der Waals surface area contributed by atoms with E-state index in [1.807, 2.05) is 0 Å². The fourth-order valence-electron chi connectivity index (χ4n) is 2.41. The molecule has 0 heterocycles. The normalized spacial score (nSPS) is 20.0. The number of halogens is 1. The van der Waals surface area contributed by atoms with E-state index < -0.39 is 20.6 Å². The van der Waals surface area contributed by atoms with E-state index >= 15 is 0 Å². The van der Waals surface area contributed by atoms with Crippen molar-refractivity contribution in [3.63, 3.8) is 0 Å². The van der Waals surface area contributed by atoms with Gasteiger partial charge < -0.3 is 0 Å². The number of terminal acetylenes is 1. The van der Waals surface area contributed by atoms with Gasteiger partial charge in [-0.15, -0.1) is 10.3 Å². The Morgan fingerprint density at radius 1 is 1.29 bits per heavy atom. The van der Waals surface area contributed by atoms with Crippen LogP contribution in [0.15, 0.2) is 33.5 Å². The summed E-state index contributed by atoms with van der Waals surface area (Å²) < 4.78 is 30.5. The molecule has 0 aliphatic heterocycles. The third-order valence-electron chi connectivity index (χ3n) is 3.58. The lowest BCUT2D eigenvalue weighted by molar-refractivity contribution is -0.384. The van der Waals surface area contributed by atoms with E-state index in [-0.39, 0.29) is 10.6 Å². The molecular formula is C14H15FN2O3S. The largest absolute Gasteiger partial charge is 0.269 e. The molecular weight excluding hydrogens is 295 g/mol. The van der Waals surface area contributed by atoms with E-state index in [1.54, 1.807) is 0 Å². The Balaban J connectivity index is 2.40. The molecule has 0 bridgehead atoms. The van der Waals surface area contributed by atoms with Crippen molar-refractivity contribution in [2.24, 2.45) is 4.36 Å². The van der Waals surface area contributed by atoms with Gasteiger partial charge in [0.25, 0.3) is 5.69 Å². The maximum atomic E-state index is 14.5. The van der Waals surface area contributed by atoms with Gasteiger partial charge in [-0.2, -0.15) is 4.36 Å². The number of nitro groups is 1. The third-order valence-corrected chi connectivity index (χ3v) is 5.02. The maximum Gasteiger partial charge on any atom is 0.269 e. The molecule has 21 heavy (non-hydrogen) atoms. The summed E-state index contributed by atoms with van der Waals surface area (Å²) in [5.74, 6) is 2.48. The summed E-state index contributed by atoms with van der Waals surface area (Å²) in [7, 11) is -4.16. The molecule has 0 saturated heterocycles. The van der Waals surface area contributed by atoms with Gasteiger partial charge in [0.1, 0.15) is 5.54 Å². The van der Waals surface area contributed by atoms with Crippen LogP contribution in [0.4, 0.5) is 9.57 Å². The molecule has 1 aromatic rings. The van der Waals surface area contributed by atoms with Crippen LogP contribution >= 0.6 is 0 Å². The molecule has 1 aliphatic rings. The van der Waals surface area contributed by atoms with E-state index in [0.29, 0.717) is 12.8 Å². The molecule has 0 aromatic heterocycles. The van der Waals surface area contributed by atoms with Gasteiger partial charge >= 0.3 is 0 Å². The van der Waals surface area contributed by atoms with Crippen molar-refractivity contribution in [1.29, 1.82) is 0 Å². The minimum absolute atomic E-state index is 0.187. The van der Waals surface area contributed by atoms with Gasteiger partial charge in [0.15, 0.2) is 0 Å². The summed E-state index contributed by atoms with van der Waals surface area (Å²) in [6.45, 7) is 0. The van der Waals surface area contributed by atoms with Crippen molar-refractivity contribution >= 4 is 15.8 Å². The van der Waals surface area contributed by atoms with Crippen LogP contribution in [0.2, 0.25) is 0 Å². The number of rotatable bonds is 3. The highest BCUT2D eigenvalue weighted by molar-refractivity contribution is 7.88. The topological polar surface area (TPSA) is 72.6 Å². The second-order valence-corrected chi connectivity index (χ2v) is 6.61. The SMILES string of the molecule is C#CC1(N=S(=O)(F)c2ccc([N+](=O)[O-])cc2)CCCCC1. The van der Waals surface area contributed by atoms with Crippen LogP contribution in [0.3, 0.4) is 0 Å². The van der Waals surface area contributed by atoms with Crippen LogP contribution in [0, 0.1) is 22.5 Å². The molecule has 0 N–H and O–H groups in total. The quantitative estimate of drug-likeness (QED) is 0.370. The molecule has 0 radical (unpaired) electrons. The van der Waals surface area contributed by atoms with Crippen LogP contribution in [-0.2, 0) is 10.1 Å². The minimum Gasteiger partial charge on any atom is -0.258 e. The maximum absolute atomic E-state index is 14.5. The van der Waals surface area contributed by atoms with Crippen molar-refractivity contribution < 1.29 is 13.0 Å². The predicted molar refractivity (Wildman–Crippen MR) is 77.7 cm³/mol. The van der Waals surface area contributed by atoms with Crippen LogP contribution in [0.1, 0.15) is 32.1 Å². The first kappa shape index (κ1) is 15.4. The van der Waals surface area contributed by atoms with Gasteiger partial charge in [0.2, 0.25) is 10.1 Å². The molecule has 7 heteroatoms. The average Bonchev–Trinajstić information content (AvgIpc) is 2.48. The second-order valence-electron chi connectivity index (χ2n) is 5.04. The number of benzene rings is 1. The lowest BCUT2D eigenvalue weighted by atomic mass is 9.83. The fourth-order valence-corrected chi connectivity index (χ4v) is 3.67. The smallest absolute Gasteiger partial charge is 0.258 e. The van der Waals surface area contributed by atoms with E-state index in [0.717, 1.165) is 43.5 Å². The minimum atomic E-state index is -4.16. The Bertz CT molecular complexity index is 694. The van der Waals surface area contributed by atoms with Crippen molar-refractivity contribution in [2.75, 3.05) is 0 Å². The average molecular weight is 310 g/mol. The van der Waals surface area contributed by atoms with Crippen molar-refractivity contribution in [3.05, 3.63) is 34.4 Å². The Kier molecular flexibility index (Phi) is 4.28. The molecule has 1 atom stereocenters. The van der Waals surface area contributed by atoms with Crippen LogP contribution in [0.5, 0.6) is 0 Å². The standard InChI is InChI=1S/C14H15FN2O3S/c1-2-14(10-4-3-5-11-14)16-21(15,20)13-8-6-12(7-9-13)17(18)19/h1,6-9H,3-5,10-11H2. The third kappa shape index (κ3) is 3.39. The van der Waals surface area contributed by atoms with Crippen molar-refractivity contribution in [1.82, 2.24) is 0 Å². The number of non-ortho nitro benzene ring substituents is 1. The molecule has 5 nitrogen and oxygen atoms in total. The van der Waals surface area contributed by atoms with Gasteiger partial charge in [0, 0.05) is 12.1 Å². The lowest BCUT2D eigenvalue weighted by Gasteiger charge is -2.28. The van der Waals surface area contributed by atoms with E-state index in [1.165, 1.54) is 0 Å². The molecule has 1 fully saturated rings. The molecule has 112 valence electrons. The van der Waals surface area contributed by atoms with E-state index in [2.05, 4.69) is 10.3 Å². The fraction of sp³-hybridized carbons (Fsp3) is 0.429. The number of hydrogen-bond donors (Lipinski definition) is 0. The van der Waals surface area contributed by atoms with Crippen molar-refractivity contribution in [2.45, 2.75) is 42.5 Å². The Labute approximate surface area is 123 Å². The van der Waals surface area contributed by atoms with Gasteiger partial charge in [-0.3, -0.25) is 10.1 Å². The predicted octanol–water partition coefficient (Wildman–Crippen LogP) is 3.64. The number of hydrogen-bond acceptors (Lipinski definition) is 4. The van der Waals surface area contributed by atoms with Crippen LogP contribution < -0.4 is 0 Å². The van der Waals surface area contributed by atoms with Gasteiger partial charge in [-0.1, -0.05) is 25.2 Å². The number of nitro benzene ring substituents is 1. The summed E-state index contributed by atoms with van der Waals surface area (Å²) in [6, 6.07) is 4.45. The zero-order chi connectivity index (χ0) is 15.5. The van der Waals surface area contributed by atoms with Crippen LogP contribution in [-0.4, -0.2) is 14.7 Å². The zero-order valence-corrected chi connectivity index (χ0v) is 12.1. The van der Waals surface area contributed by atoms with Crippen molar-refractivity contribution in [3.8, 4) is 12.3 Å². The summed E-state index contributed by atoms with van der Waals surface area (Å²) >= 11 is 0. The Morgan fingerprint density at radius 2 is 1.86 bits per heavy atom. The molecule has 1 saturated carbocycles. The highest BCUT2D eigenvalue weighted by Crippen LogP contribution is 2.34. The molecule has 2 rings (SSSR count). The monoisotopic (exact) mass is 310 g/mol. The van der Waals surface area contributed by atoms with E-state index in [4.69, 9.17) is 6.42 Å². The van der Waals surface area contributed by atoms with Gasteiger partial charge in [-0.25, -0.2) is 4.21 Å². The molecule has 1 aliphatic carbocycles. The molecule has 0 amide bonds. The first-order valence-corrected chi connectivity index (χ1v) is 8.00. The molecule has 0 spiro atoms. The summed E-state index contributed by atoms with van der Waals surface area (Å²) in [5.41, 5.74) is -1.23. The second kappa shape index (κ2) is 5.82. The zero-order valence-electron chi connectivity index (χ0n) is 11.3. The van der Waals surface area contributed by atoms with Crippen LogP contribution in [0.25, 0.3) is 0 Å². The molecule has 1 aromatic carbocycles. The first-order chi connectivity index (χ1) is 9.88. The highest BCUT2D eigenvalue weighted by Gasteiger charge is 2.32. The summed E-state index contributed by atoms with van der Waals surface area (Å²) in [5, 5.41) is 10.6. The number of nitrogens with zero attached hydrogens (tertiary/aromatic N) is 2. The molecule has 1 unspecified atom stereocenters. The highest BCUT2D eigenvalue weighted by atomic mass is 32.3. The Hall–Kier alpha value is -1.94. The summed E-state index contributed by atoms with van der Waals surface area (Å²) in [4.78, 5) is 9.77. The summed E-state index contributed by atoms with van der Waals surface area (Å²) in [6.07, 6.45) is 9.13. The Morgan fingerprint density at radius 3 is 2.33 bits per heavy atom. The lowest BCUT2D eigenvalue weighted by Crippen LogP contribution is -2.28. The van der Waals surface area contributed by atoms with E-state index in [9.17, 15) is 18.2 Å². The first-order valence-electron chi connectivity index (χ1n) is 6.59. The van der Waals surface area contributed by atoms with Gasteiger partial charge in [0.05, 0.1) is 9.82 Å².